The van der Waals surface area contributed by atoms with E-state index in [-0.39, 0.29) is 25.7 Å². The van der Waals surface area contributed by atoms with Crippen molar-refractivity contribution in [2.75, 3.05) is 19.8 Å². The zero-order valence-electron chi connectivity index (χ0n) is 22.1. The Bertz CT molecular complexity index is 946. The van der Waals surface area contributed by atoms with Crippen molar-refractivity contribution in [1.82, 2.24) is 0 Å². The third-order valence-electron chi connectivity index (χ3n) is 6.28. The highest BCUT2D eigenvalue weighted by Crippen LogP contribution is 2.16. The van der Waals surface area contributed by atoms with Gasteiger partial charge in [0.15, 0.2) is 0 Å². The minimum atomic E-state index is -0.583. The first kappa shape index (κ1) is 29.3. The molecule has 0 aromatic heterocycles. The van der Waals surface area contributed by atoms with Gasteiger partial charge in [-0.2, -0.15) is 0 Å². The van der Waals surface area contributed by atoms with E-state index in [0.717, 1.165) is 24.8 Å². The third-order valence-corrected chi connectivity index (χ3v) is 6.28. The molecule has 36 heavy (non-hydrogen) atoms. The van der Waals surface area contributed by atoms with Gasteiger partial charge < -0.3 is 14.6 Å². The lowest BCUT2D eigenvalue weighted by atomic mass is 9.97. The summed E-state index contributed by atoms with van der Waals surface area (Å²) in [5.41, 5.74) is 5.43. The molecule has 0 aliphatic heterocycles. The lowest BCUT2D eigenvalue weighted by Gasteiger charge is -2.19. The third kappa shape index (κ3) is 10.8. The van der Waals surface area contributed by atoms with Crippen LogP contribution in [0.2, 0.25) is 0 Å². The fourth-order valence-corrected chi connectivity index (χ4v) is 3.82. The Morgan fingerprint density at radius 1 is 0.833 bits per heavy atom. The molecule has 0 aliphatic carbocycles. The number of aliphatic hydroxyl groups is 1. The van der Waals surface area contributed by atoms with Crippen molar-refractivity contribution in [1.29, 1.82) is 0 Å². The van der Waals surface area contributed by atoms with Crippen LogP contribution >= 0.6 is 0 Å². The van der Waals surface area contributed by atoms with Crippen molar-refractivity contribution in [2.24, 2.45) is 11.8 Å². The molecule has 5 heteroatoms. The molecule has 196 valence electrons. The molecule has 2 aromatic carbocycles. The molecule has 2 aromatic rings. The summed E-state index contributed by atoms with van der Waals surface area (Å²) in [5.74, 6) is -1.69. The van der Waals surface area contributed by atoms with E-state index in [2.05, 4.69) is 62.0 Å². The molecule has 5 nitrogen and oxygen atoms in total. The van der Waals surface area contributed by atoms with E-state index in [1.807, 2.05) is 0 Å². The van der Waals surface area contributed by atoms with Crippen LogP contribution in [0.25, 0.3) is 0 Å². The zero-order valence-corrected chi connectivity index (χ0v) is 22.1. The number of rotatable bonds is 16. The largest absolute Gasteiger partial charge is 0.465 e. The van der Waals surface area contributed by atoms with Gasteiger partial charge in [-0.1, -0.05) is 74.9 Å². The van der Waals surface area contributed by atoms with Gasteiger partial charge in [0.05, 0.1) is 25.7 Å². The minimum absolute atomic E-state index is 0.114. The number of benzene rings is 2. The number of carbonyl (C=O) groups excluding carboxylic acids is 2. The summed E-state index contributed by atoms with van der Waals surface area (Å²) >= 11 is 0. The molecule has 0 fully saturated rings. The van der Waals surface area contributed by atoms with Gasteiger partial charge in [-0.3, -0.25) is 4.79 Å². The normalized spacial score (nSPS) is 12.6. The molecule has 0 bridgehead atoms. The summed E-state index contributed by atoms with van der Waals surface area (Å²) in [7, 11) is 0. The smallest absolute Gasteiger partial charge is 0.333 e. The molecule has 2 rings (SSSR count). The van der Waals surface area contributed by atoms with Crippen LogP contribution in [0.5, 0.6) is 0 Å². The van der Waals surface area contributed by atoms with E-state index in [1.165, 1.54) is 36.0 Å². The van der Waals surface area contributed by atoms with E-state index < -0.39 is 17.9 Å². The second kappa shape index (κ2) is 15.9. The van der Waals surface area contributed by atoms with Crippen LogP contribution in [0.1, 0.15) is 62.3 Å². The Hall–Kier alpha value is -2.92. The number of hydrogen-bond acceptors (Lipinski definition) is 5. The van der Waals surface area contributed by atoms with Gasteiger partial charge in [0, 0.05) is 11.5 Å². The monoisotopic (exact) mass is 494 g/mol. The topological polar surface area (TPSA) is 72.8 Å². The second-order valence-electron chi connectivity index (χ2n) is 9.75. The molecular formula is C31H42O5. The van der Waals surface area contributed by atoms with Crippen molar-refractivity contribution < 1.29 is 24.2 Å². The lowest BCUT2D eigenvalue weighted by Crippen LogP contribution is -2.26. The van der Waals surface area contributed by atoms with Crippen molar-refractivity contribution in [3.8, 4) is 0 Å². The molecule has 0 radical (unpaired) electrons. The van der Waals surface area contributed by atoms with Gasteiger partial charge >= 0.3 is 11.9 Å². The highest BCUT2D eigenvalue weighted by Gasteiger charge is 2.19. The van der Waals surface area contributed by atoms with Crippen LogP contribution < -0.4 is 0 Å². The molecule has 2 unspecified atom stereocenters. The van der Waals surface area contributed by atoms with E-state index in [0.29, 0.717) is 12.0 Å². The molecule has 2 atom stereocenters. The second-order valence-corrected chi connectivity index (χ2v) is 9.75. The molecule has 0 spiro atoms. The quantitative estimate of drug-likeness (QED) is 0.185. The zero-order chi connectivity index (χ0) is 26.3. The maximum Gasteiger partial charge on any atom is 0.333 e. The fraction of sp³-hybridized carbons (Fsp3) is 0.484. The number of aliphatic hydroxyl groups excluding tert-OH is 1. The van der Waals surface area contributed by atoms with Crippen LogP contribution in [0.4, 0.5) is 0 Å². The molecular weight excluding hydrogens is 452 g/mol. The van der Waals surface area contributed by atoms with Gasteiger partial charge in [0.2, 0.25) is 0 Å². The van der Waals surface area contributed by atoms with Gasteiger partial charge in [0.25, 0.3) is 0 Å². The fourth-order valence-electron chi connectivity index (χ4n) is 3.82. The van der Waals surface area contributed by atoms with Crippen molar-refractivity contribution in [3.05, 3.63) is 82.9 Å². The number of aryl methyl sites for hydroxylation is 3. The van der Waals surface area contributed by atoms with Gasteiger partial charge in [-0.25, -0.2) is 4.79 Å². The molecule has 0 aliphatic rings. The predicted octanol–water partition coefficient (Wildman–Crippen LogP) is 5.65. The first-order chi connectivity index (χ1) is 17.3. The van der Waals surface area contributed by atoms with E-state index >= 15 is 0 Å². The van der Waals surface area contributed by atoms with Crippen LogP contribution in [0.3, 0.4) is 0 Å². The Balaban J connectivity index is 1.90. The molecule has 0 saturated carbocycles. The lowest BCUT2D eigenvalue weighted by molar-refractivity contribution is -0.152. The number of ether oxygens (including phenoxy) is 2. The SMILES string of the molecule is C=C(C)C(=O)OCC(COC(=O)C(C)CO)Cc1ccc(CCc2ccc(CCCCC)cc2)cc1. The number of esters is 2. The highest BCUT2D eigenvalue weighted by molar-refractivity contribution is 5.86. The van der Waals surface area contributed by atoms with Gasteiger partial charge in [-0.15, -0.1) is 0 Å². The predicted molar refractivity (Wildman–Crippen MR) is 144 cm³/mol. The van der Waals surface area contributed by atoms with Gasteiger partial charge in [0.1, 0.15) is 0 Å². The average Bonchev–Trinajstić information content (AvgIpc) is 2.89. The Morgan fingerprint density at radius 2 is 1.33 bits per heavy atom. The van der Waals surface area contributed by atoms with Crippen LogP contribution in [0, 0.1) is 11.8 Å². The Labute approximate surface area is 216 Å². The summed E-state index contributed by atoms with van der Waals surface area (Å²) in [6.07, 6.45) is 7.50. The minimum Gasteiger partial charge on any atom is -0.465 e. The molecule has 0 saturated heterocycles. The van der Waals surface area contributed by atoms with Gasteiger partial charge in [-0.05, 0) is 68.2 Å². The van der Waals surface area contributed by atoms with E-state index in [4.69, 9.17) is 14.6 Å². The number of hydrogen-bond donors (Lipinski definition) is 1. The molecule has 0 heterocycles. The summed E-state index contributed by atoms with van der Waals surface area (Å²) in [5, 5.41) is 9.16. The van der Waals surface area contributed by atoms with Crippen LogP contribution in [-0.4, -0.2) is 36.9 Å². The standard InChI is InChI=1S/C31H42O5/c1-5-6-7-8-25-9-11-26(12-10-25)13-14-27-15-17-28(18-16-27)19-29(21-35-30(33)23(2)3)22-36-31(34)24(4)20-32/h9-12,15-18,24,29,32H,2,5-8,13-14,19-22H2,1,3-4H3. The van der Waals surface area contributed by atoms with Crippen LogP contribution in [0.15, 0.2) is 60.7 Å². The van der Waals surface area contributed by atoms with Crippen LogP contribution in [-0.2, 0) is 44.7 Å². The molecule has 0 amide bonds. The number of carbonyl (C=O) groups is 2. The number of unbranched alkanes of at least 4 members (excludes halogenated alkanes) is 2. The first-order valence-corrected chi connectivity index (χ1v) is 13.1. The summed E-state index contributed by atoms with van der Waals surface area (Å²) in [4.78, 5) is 23.8. The maximum atomic E-state index is 12.0. The van der Waals surface area contributed by atoms with E-state index in [9.17, 15) is 9.59 Å². The Kier molecular flexibility index (Phi) is 13.0. The summed E-state index contributed by atoms with van der Waals surface area (Å²) in [6.45, 7) is 9.02. The Morgan fingerprint density at radius 3 is 1.83 bits per heavy atom. The van der Waals surface area contributed by atoms with Crippen molar-refractivity contribution >= 4 is 11.9 Å². The van der Waals surface area contributed by atoms with Crippen molar-refractivity contribution in [2.45, 2.75) is 65.7 Å². The summed E-state index contributed by atoms with van der Waals surface area (Å²) in [6, 6.07) is 17.4. The molecule has 1 N–H and O–H groups in total. The summed E-state index contributed by atoms with van der Waals surface area (Å²) < 4.78 is 10.7. The maximum absolute atomic E-state index is 12.0. The van der Waals surface area contributed by atoms with Crippen molar-refractivity contribution in [3.63, 3.8) is 0 Å². The van der Waals surface area contributed by atoms with E-state index in [1.54, 1.807) is 13.8 Å². The highest BCUT2D eigenvalue weighted by atomic mass is 16.5. The first-order valence-electron chi connectivity index (χ1n) is 13.1. The average molecular weight is 495 g/mol.